The molecule has 0 aliphatic carbocycles. The number of nitrogens with zero attached hydrogens (tertiary/aromatic N) is 4. The van der Waals surface area contributed by atoms with Crippen LogP contribution in [0.3, 0.4) is 0 Å². The van der Waals surface area contributed by atoms with Crippen molar-refractivity contribution < 1.29 is 9.21 Å². The Hall–Kier alpha value is -3.68. The number of amides is 1. The maximum Gasteiger partial charge on any atom is 0.224 e. The third-order valence-corrected chi connectivity index (χ3v) is 4.30. The second-order valence-electron chi connectivity index (χ2n) is 6.27. The monoisotopic (exact) mass is 376 g/mol. The number of benzene rings is 1. The number of carbonyl (C=O) groups is 1. The van der Waals surface area contributed by atoms with Crippen LogP contribution in [0.15, 0.2) is 65.7 Å². The molecular weight excluding hydrogens is 356 g/mol. The highest BCUT2D eigenvalue weighted by Gasteiger charge is 2.10. The second kappa shape index (κ2) is 8.34. The van der Waals surface area contributed by atoms with Gasteiger partial charge in [-0.15, -0.1) is 0 Å². The number of fused-ring (bicyclic) bond motifs is 1. The fourth-order valence-electron chi connectivity index (χ4n) is 2.93. The average molecular weight is 376 g/mol. The maximum atomic E-state index is 12.1. The maximum absolute atomic E-state index is 12.1. The van der Waals surface area contributed by atoms with E-state index in [0.717, 1.165) is 16.7 Å². The lowest BCUT2D eigenvalue weighted by Gasteiger charge is -2.07. The molecule has 0 atom stereocenters. The molecule has 0 saturated heterocycles. The first-order valence-electron chi connectivity index (χ1n) is 9.03. The van der Waals surface area contributed by atoms with Gasteiger partial charge < -0.3 is 15.1 Å². The summed E-state index contributed by atoms with van der Waals surface area (Å²) in [6, 6.07) is 13.4. The van der Waals surface area contributed by atoms with Gasteiger partial charge in [0.15, 0.2) is 5.65 Å². The second-order valence-corrected chi connectivity index (χ2v) is 6.27. The Morgan fingerprint density at radius 2 is 2.00 bits per heavy atom. The lowest BCUT2D eigenvalue weighted by atomic mass is 10.1. The normalized spacial score (nSPS) is 10.9. The molecule has 0 saturated carbocycles. The lowest BCUT2D eigenvalue weighted by Crippen LogP contribution is -2.28. The van der Waals surface area contributed by atoms with Crippen molar-refractivity contribution in [1.82, 2.24) is 25.1 Å². The molecule has 0 aliphatic rings. The Morgan fingerprint density at radius 3 is 2.82 bits per heavy atom. The molecule has 4 rings (SSSR count). The van der Waals surface area contributed by atoms with E-state index in [1.54, 1.807) is 17.1 Å². The number of aromatic nitrogens is 4. The van der Waals surface area contributed by atoms with Crippen LogP contribution in [0.2, 0.25) is 0 Å². The van der Waals surface area contributed by atoms with Gasteiger partial charge in [-0.05, 0) is 17.7 Å². The van der Waals surface area contributed by atoms with Gasteiger partial charge in [0.1, 0.15) is 17.9 Å². The third-order valence-electron chi connectivity index (χ3n) is 4.30. The lowest BCUT2D eigenvalue weighted by molar-refractivity contribution is -0.120. The average Bonchev–Trinajstić information content (AvgIpc) is 3.37. The number of anilines is 1. The van der Waals surface area contributed by atoms with Gasteiger partial charge in [-0.25, -0.2) is 14.6 Å². The van der Waals surface area contributed by atoms with Gasteiger partial charge in [0.25, 0.3) is 0 Å². The molecule has 0 aliphatic heterocycles. The van der Waals surface area contributed by atoms with E-state index in [0.29, 0.717) is 37.5 Å². The van der Waals surface area contributed by atoms with Crippen molar-refractivity contribution in [2.75, 3.05) is 11.9 Å². The van der Waals surface area contributed by atoms with E-state index < -0.39 is 0 Å². The Bertz CT molecular complexity index is 1040. The molecule has 28 heavy (non-hydrogen) atoms. The van der Waals surface area contributed by atoms with Gasteiger partial charge in [-0.2, -0.15) is 5.10 Å². The van der Waals surface area contributed by atoms with Crippen LogP contribution in [0.4, 0.5) is 5.82 Å². The molecule has 0 radical (unpaired) electrons. The van der Waals surface area contributed by atoms with Crippen molar-refractivity contribution in [1.29, 1.82) is 0 Å². The highest BCUT2D eigenvalue weighted by atomic mass is 16.3. The molecule has 3 heterocycles. The van der Waals surface area contributed by atoms with Gasteiger partial charge in [0.2, 0.25) is 5.91 Å². The molecular formula is C20H20N6O2. The molecule has 0 unspecified atom stereocenters. The first kappa shape index (κ1) is 17.7. The van der Waals surface area contributed by atoms with Crippen LogP contribution in [-0.4, -0.2) is 32.2 Å². The van der Waals surface area contributed by atoms with Crippen molar-refractivity contribution in [2.45, 2.75) is 19.5 Å². The molecule has 2 N–H and O–H groups in total. The van der Waals surface area contributed by atoms with Crippen molar-refractivity contribution >= 4 is 22.8 Å². The van der Waals surface area contributed by atoms with Crippen LogP contribution in [-0.2, 0) is 24.3 Å². The number of rotatable bonds is 8. The van der Waals surface area contributed by atoms with Crippen LogP contribution in [0, 0.1) is 0 Å². The Balaban J connectivity index is 1.35. The molecule has 3 aromatic heterocycles. The van der Waals surface area contributed by atoms with E-state index in [9.17, 15) is 4.79 Å². The molecule has 1 aromatic carbocycles. The van der Waals surface area contributed by atoms with Crippen molar-refractivity contribution in [2.24, 2.45) is 0 Å². The standard InChI is InChI=1S/C20H20N6O2/c27-18(11-15-5-2-1-3-6-15)21-8-9-26-20-17(13-25-26)19(23-14-24-20)22-12-16-7-4-10-28-16/h1-7,10,13-14H,8-9,11-12H2,(H,21,27)(H,22,23,24). The zero-order chi connectivity index (χ0) is 19.2. The van der Waals surface area contributed by atoms with Crippen molar-refractivity contribution in [3.05, 3.63) is 72.6 Å². The number of carbonyl (C=O) groups excluding carboxylic acids is 1. The summed E-state index contributed by atoms with van der Waals surface area (Å²) in [6.07, 6.45) is 5.23. The number of nitrogens with one attached hydrogen (secondary N) is 2. The number of hydrogen-bond donors (Lipinski definition) is 2. The molecule has 8 heteroatoms. The summed E-state index contributed by atoms with van der Waals surface area (Å²) >= 11 is 0. The van der Waals surface area contributed by atoms with E-state index in [2.05, 4.69) is 25.7 Å². The topological polar surface area (TPSA) is 97.9 Å². The summed E-state index contributed by atoms with van der Waals surface area (Å²) in [5.41, 5.74) is 1.71. The van der Waals surface area contributed by atoms with E-state index in [-0.39, 0.29) is 5.91 Å². The summed E-state index contributed by atoms with van der Waals surface area (Å²) < 4.78 is 7.09. The third kappa shape index (κ3) is 4.17. The van der Waals surface area contributed by atoms with Gasteiger partial charge in [0, 0.05) is 6.54 Å². The summed E-state index contributed by atoms with van der Waals surface area (Å²) in [7, 11) is 0. The van der Waals surface area contributed by atoms with Crippen LogP contribution in [0.5, 0.6) is 0 Å². The SMILES string of the molecule is O=C(Cc1ccccc1)NCCn1ncc2c(NCc3ccco3)ncnc21. The zero-order valence-corrected chi connectivity index (χ0v) is 15.2. The smallest absolute Gasteiger partial charge is 0.224 e. The predicted molar refractivity (Wildman–Crippen MR) is 105 cm³/mol. The van der Waals surface area contributed by atoms with E-state index in [1.807, 2.05) is 42.5 Å². The minimum atomic E-state index is -0.0157. The first-order valence-corrected chi connectivity index (χ1v) is 9.03. The van der Waals surface area contributed by atoms with Gasteiger partial charge in [0.05, 0.1) is 37.4 Å². The largest absolute Gasteiger partial charge is 0.467 e. The number of hydrogen-bond acceptors (Lipinski definition) is 6. The summed E-state index contributed by atoms with van der Waals surface area (Å²) in [4.78, 5) is 20.7. The molecule has 0 bridgehead atoms. The molecule has 142 valence electrons. The Morgan fingerprint density at radius 1 is 1.11 bits per heavy atom. The Labute approximate surface area is 161 Å². The number of furan rings is 1. The van der Waals surface area contributed by atoms with E-state index in [4.69, 9.17) is 4.42 Å². The van der Waals surface area contributed by atoms with Crippen LogP contribution in [0.1, 0.15) is 11.3 Å². The van der Waals surface area contributed by atoms with Crippen LogP contribution in [0.25, 0.3) is 11.0 Å². The Kier molecular flexibility index (Phi) is 5.28. The van der Waals surface area contributed by atoms with Crippen molar-refractivity contribution in [3.63, 3.8) is 0 Å². The van der Waals surface area contributed by atoms with Gasteiger partial charge >= 0.3 is 0 Å². The van der Waals surface area contributed by atoms with Crippen LogP contribution < -0.4 is 10.6 Å². The van der Waals surface area contributed by atoms with Crippen molar-refractivity contribution in [3.8, 4) is 0 Å². The fraction of sp³-hybridized carbons (Fsp3) is 0.200. The molecule has 0 fully saturated rings. The van der Waals surface area contributed by atoms with E-state index in [1.165, 1.54) is 6.33 Å². The molecule has 0 spiro atoms. The summed E-state index contributed by atoms with van der Waals surface area (Å²) in [5.74, 6) is 1.50. The zero-order valence-electron chi connectivity index (χ0n) is 15.2. The van der Waals surface area contributed by atoms with E-state index >= 15 is 0 Å². The fourth-order valence-corrected chi connectivity index (χ4v) is 2.93. The van der Waals surface area contributed by atoms with Gasteiger partial charge in [-0.1, -0.05) is 30.3 Å². The highest BCUT2D eigenvalue weighted by Crippen LogP contribution is 2.19. The summed E-state index contributed by atoms with van der Waals surface area (Å²) in [6.45, 7) is 1.53. The minimum absolute atomic E-state index is 0.0157. The van der Waals surface area contributed by atoms with Gasteiger partial charge in [-0.3, -0.25) is 4.79 Å². The molecule has 4 aromatic rings. The summed E-state index contributed by atoms with van der Waals surface area (Å²) in [5, 5.41) is 11.4. The predicted octanol–water partition coefficient (Wildman–Crippen LogP) is 2.39. The quantitative estimate of drug-likeness (QED) is 0.490. The highest BCUT2D eigenvalue weighted by molar-refractivity contribution is 5.86. The molecule has 1 amide bonds. The van der Waals surface area contributed by atoms with Crippen LogP contribution >= 0.6 is 0 Å². The minimum Gasteiger partial charge on any atom is -0.467 e. The first-order chi connectivity index (χ1) is 13.8. The molecule has 8 nitrogen and oxygen atoms in total.